The predicted molar refractivity (Wildman–Crippen MR) is 80.2 cm³/mol. The maximum Gasteiger partial charge on any atom is -0.0153 e. The summed E-state index contributed by atoms with van der Waals surface area (Å²) in [4.78, 5) is 0. The summed E-state index contributed by atoms with van der Waals surface area (Å²) in [5.74, 6) is 0.837. The number of aryl methyl sites for hydroxylation is 1. The van der Waals surface area contributed by atoms with Gasteiger partial charge >= 0.3 is 0 Å². The van der Waals surface area contributed by atoms with Gasteiger partial charge in [0.2, 0.25) is 0 Å². The first-order valence-electron chi connectivity index (χ1n) is 7.20. The van der Waals surface area contributed by atoms with Crippen LogP contribution < -0.4 is 5.30 Å². The molecule has 1 aliphatic carbocycles. The van der Waals surface area contributed by atoms with Gasteiger partial charge in [0.05, 0.1) is 0 Å². The van der Waals surface area contributed by atoms with Crippen molar-refractivity contribution < 1.29 is 0 Å². The summed E-state index contributed by atoms with van der Waals surface area (Å²) in [6, 6.07) is 6.84. The zero-order valence-electron chi connectivity index (χ0n) is 11.0. The summed E-state index contributed by atoms with van der Waals surface area (Å²) in [6.45, 7) is 2.28. The molecule has 0 nitrogen and oxygen atoms in total. The van der Waals surface area contributed by atoms with Gasteiger partial charge in [0, 0.05) is 0 Å². The quantitative estimate of drug-likeness (QED) is 0.684. The fourth-order valence-corrected chi connectivity index (χ4v) is 3.64. The third kappa shape index (κ3) is 3.32. The van der Waals surface area contributed by atoms with Crippen molar-refractivity contribution in [3.8, 4) is 0 Å². The van der Waals surface area contributed by atoms with Crippen LogP contribution in [0.25, 0.3) is 0 Å². The minimum absolute atomic E-state index is 0.837. The highest BCUT2D eigenvalue weighted by molar-refractivity contribution is 7.27. The Morgan fingerprint density at radius 1 is 1.18 bits per heavy atom. The van der Waals surface area contributed by atoms with Crippen LogP contribution in [0, 0.1) is 0 Å². The number of unbranched alkanes of at least 4 members (excludes halogenated alkanes) is 1. The van der Waals surface area contributed by atoms with E-state index < -0.39 is 0 Å². The van der Waals surface area contributed by atoms with Crippen LogP contribution in [0.15, 0.2) is 18.2 Å². The number of hydrogen-bond acceptors (Lipinski definition) is 0. The molecule has 2 rings (SSSR count). The molecule has 17 heavy (non-hydrogen) atoms. The molecule has 1 atom stereocenters. The Morgan fingerprint density at radius 2 is 1.94 bits per heavy atom. The highest BCUT2D eigenvalue weighted by Crippen LogP contribution is 2.34. The van der Waals surface area contributed by atoms with Crippen molar-refractivity contribution in [1.82, 2.24) is 0 Å². The Morgan fingerprint density at radius 3 is 2.65 bits per heavy atom. The van der Waals surface area contributed by atoms with E-state index >= 15 is 0 Å². The molecule has 0 radical (unpaired) electrons. The van der Waals surface area contributed by atoms with Crippen LogP contribution in [0.5, 0.6) is 0 Å². The first-order valence-corrected chi connectivity index (χ1v) is 7.78. The van der Waals surface area contributed by atoms with Crippen molar-refractivity contribution in [3.63, 3.8) is 0 Å². The number of hydrogen-bond donors (Lipinski definition) is 0. The third-order valence-corrected chi connectivity index (χ3v) is 4.55. The lowest BCUT2D eigenvalue weighted by Crippen LogP contribution is -2.15. The summed E-state index contributed by atoms with van der Waals surface area (Å²) in [5.41, 5.74) is 3.29. The normalized spacial score (nSPS) is 17.3. The van der Waals surface area contributed by atoms with Crippen LogP contribution in [-0.4, -0.2) is 0 Å². The van der Waals surface area contributed by atoms with Gasteiger partial charge in [-0.2, -0.15) is 0 Å². The summed E-state index contributed by atoms with van der Waals surface area (Å²) in [5, 5.41) is 1.45. The van der Waals surface area contributed by atoms with Crippen LogP contribution in [0.3, 0.4) is 0 Å². The van der Waals surface area contributed by atoms with E-state index in [4.69, 9.17) is 0 Å². The summed E-state index contributed by atoms with van der Waals surface area (Å²) in [6.07, 6.45) is 11.0. The molecule has 0 bridgehead atoms. The lowest BCUT2D eigenvalue weighted by Gasteiger charge is -2.26. The Labute approximate surface area is 108 Å². The molecule has 0 aromatic heterocycles. The standard InChI is InChI=1S/C16H25P/c1-2-3-8-13-11-7-12-15(17)16(13)14-9-5-4-6-10-14/h7,11-12,14H,2-6,8-10,17H2,1H3. The second-order valence-corrected chi connectivity index (χ2v) is 5.98. The lowest BCUT2D eigenvalue weighted by molar-refractivity contribution is 0.442. The first-order chi connectivity index (χ1) is 8.33. The van der Waals surface area contributed by atoms with Crippen molar-refractivity contribution in [2.24, 2.45) is 0 Å². The van der Waals surface area contributed by atoms with Crippen LogP contribution >= 0.6 is 9.24 Å². The minimum atomic E-state index is 0.837. The van der Waals surface area contributed by atoms with Gasteiger partial charge < -0.3 is 0 Å². The maximum atomic E-state index is 2.96. The molecule has 0 saturated heterocycles. The molecule has 1 unspecified atom stereocenters. The van der Waals surface area contributed by atoms with Crippen LogP contribution in [0.1, 0.15) is 68.9 Å². The smallest absolute Gasteiger partial charge is 0.0153 e. The molecule has 0 aliphatic heterocycles. The number of benzene rings is 1. The molecule has 94 valence electrons. The fraction of sp³-hybridized carbons (Fsp3) is 0.625. The topological polar surface area (TPSA) is 0 Å². The van der Waals surface area contributed by atoms with Gasteiger partial charge in [0.1, 0.15) is 0 Å². The Balaban J connectivity index is 2.22. The van der Waals surface area contributed by atoms with E-state index in [0.29, 0.717) is 0 Å². The molecule has 0 amide bonds. The van der Waals surface area contributed by atoms with E-state index in [0.717, 1.165) is 5.92 Å². The van der Waals surface area contributed by atoms with Crippen LogP contribution in [-0.2, 0) is 6.42 Å². The van der Waals surface area contributed by atoms with E-state index in [1.807, 2.05) is 0 Å². The predicted octanol–water partition coefficient (Wildman–Crippen LogP) is 4.58. The van der Waals surface area contributed by atoms with Gasteiger partial charge in [-0.1, -0.05) is 50.8 Å². The summed E-state index contributed by atoms with van der Waals surface area (Å²) < 4.78 is 0. The van der Waals surface area contributed by atoms with Gasteiger partial charge in [0.25, 0.3) is 0 Å². The van der Waals surface area contributed by atoms with Gasteiger partial charge in [-0.05, 0) is 48.0 Å². The molecule has 1 heteroatoms. The van der Waals surface area contributed by atoms with Crippen LogP contribution in [0.2, 0.25) is 0 Å². The van der Waals surface area contributed by atoms with Crippen molar-refractivity contribution in [3.05, 3.63) is 29.3 Å². The molecular weight excluding hydrogens is 223 g/mol. The highest BCUT2D eigenvalue weighted by atomic mass is 31.0. The van der Waals surface area contributed by atoms with E-state index in [2.05, 4.69) is 34.4 Å². The second-order valence-electron chi connectivity index (χ2n) is 5.36. The third-order valence-electron chi connectivity index (χ3n) is 4.04. The highest BCUT2D eigenvalue weighted by Gasteiger charge is 2.19. The Hall–Kier alpha value is -0.350. The van der Waals surface area contributed by atoms with Gasteiger partial charge in [0.15, 0.2) is 0 Å². The zero-order valence-corrected chi connectivity index (χ0v) is 12.2. The van der Waals surface area contributed by atoms with Crippen molar-refractivity contribution in [2.45, 2.75) is 64.2 Å². The van der Waals surface area contributed by atoms with Crippen molar-refractivity contribution in [2.75, 3.05) is 0 Å². The minimum Gasteiger partial charge on any atom is -0.105 e. The Kier molecular flexibility index (Phi) is 5.04. The molecule has 1 saturated carbocycles. The SMILES string of the molecule is CCCCc1cccc(P)c1C1CCCCC1. The van der Waals surface area contributed by atoms with Gasteiger partial charge in [-0.3, -0.25) is 0 Å². The second kappa shape index (κ2) is 6.55. The molecular formula is C16H25P. The zero-order chi connectivity index (χ0) is 12.1. The van der Waals surface area contributed by atoms with E-state index in [1.54, 1.807) is 11.1 Å². The van der Waals surface area contributed by atoms with Crippen molar-refractivity contribution >= 4 is 14.5 Å². The molecule has 0 heterocycles. The van der Waals surface area contributed by atoms with Crippen molar-refractivity contribution in [1.29, 1.82) is 0 Å². The van der Waals surface area contributed by atoms with E-state index in [9.17, 15) is 0 Å². The summed E-state index contributed by atoms with van der Waals surface area (Å²) >= 11 is 0. The molecule has 0 N–H and O–H groups in total. The molecule has 1 aliphatic rings. The summed E-state index contributed by atoms with van der Waals surface area (Å²) in [7, 11) is 2.96. The fourth-order valence-electron chi connectivity index (χ4n) is 3.11. The van der Waals surface area contributed by atoms with Gasteiger partial charge in [-0.15, -0.1) is 9.24 Å². The first kappa shape index (κ1) is 13.1. The molecule has 0 spiro atoms. The lowest BCUT2D eigenvalue weighted by atomic mass is 9.81. The molecule has 1 aromatic rings. The van der Waals surface area contributed by atoms with E-state index in [-0.39, 0.29) is 0 Å². The Bertz CT molecular complexity index is 351. The molecule has 1 aromatic carbocycles. The van der Waals surface area contributed by atoms with E-state index in [1.165, 1.54) is 56.7 Å². The average molecular weight is 248 g/mol. The average Bonchev–Trinajstić information content (AvgIpc) is 2.37. The van der Waals surface area contributed by atoms with Gasteiger partial charge in [-0.25, -0.2) is 0 Å². The maximum absolute atomic E-state index is 2.96. The van der Waals surface area contributed by atoms with Crippen LogP contribution in [0.4, 0.5) is 0 Å². The monoisotopic (exact) mass is 248 g/mol. The largest absolute Gasteiger partial charge is 0.105 e. The molecule has 1 fully saturated rings. The number of rotatable bonds is 4.